The summed E-state index contributed by atoms with van der Waals surface area (Å²) in [5, 5.41) is 7.95. The predicted molar refractivity (Wildman–Crippen MR) is 72.5 cm³/mol. The third-order valence-corrected chi connectivity index (χ3v) is 3.91. The average molecular weight is 251 g/mol. The summed E-state index contributed by atoms with van der Waals surface area (Å²) in [7, 11) is 0. The van der Waals surface area contributed by atoms with E-state index < -0.39 is 0 Å². The first kappa shape index (κ1) is 13.6. The molecule has 1 saturated heterocycles. The lowest BCUT2D eigenvalue weighted by molar-refractivity contribution is -0.00819. The highest BCUT2D eigenvalue weighted by Crippen LogP contribution is 2.16. The topological polar surface area (TPSA) is 39.1 Å². The van der Waals surface area contributed by atoms with Crippen LogP contribution in [0.5, 0.6) is 0 Å². The Morgan fingerprint density at radius 2 is 2.44 bits per heavy atom. The molecular formula is C14H25N3O. The van der Waals surface area contributed by atoms with E-state index in [1.54, 1.807) is 0 Å². The van der Waals surface area contributed by atoms with Gasteiger partial charge in [-0.25, -0.2) is 0 Å². The third kappa shape index (κ3) is 3.33. The number of piperidine rings is 1. The van der Waals surface area contributed by atoms with E-state index >= 15 is 0 Å². The van der Waals surface area contributed by atoms with Crippen molar-refractivity contribution in [3.05, 3.63) is 18.0 Å². The molecule has 0 aliphatic carbocycles. The highest BCUT2D eigenvalue weighted by Gasteiger charge is 2.21. The van der Waals surface area contributed by atoms with Gasteiger partial charge in [-0.3, -0.25) is 4.68 Å². The number of nitrogens with one attached hydrogen (secondary N) is 1. The molecule has 0 aromatic carbocycles. The van der Waals surface area contributed by atoms with Crippen LogP contribution in [0.4, 0.5) is 0 Å². The molecule has 102 valence electrons. The van der Waals surface area contributed by atoms with Gasteiger partial charge in [0, 0.05) is 18.8 Å². The van der Waals surface area contributed by atoms with Crippen LogP contribution >= 0.6 is 0 Å². The molecule has 0 bridgehead atoms. The zero-order valence-electron chi connectivity index (χ0n) is 11.7. The maximum absolute atomic E-state index is 5.97. The average Bonchev–Trinajstić information content (AvgIpc) is 2.86. The molecule has 1 aromatic rings. The Morgan fingerprint density at radius 3 is 3.17 bits per heavy atom. The van der Waals surface area contributed by atoms with Gasteiger partial charge in [0.05, 0.1) is 18.4 Å². The van der Waals surface area contributed by atoms with Crippen molar-refractivity contribution in [2.75, 3.05) is 13.1 Å². The van der Waals surface area contributed by atoms with Crippen LogP contribution in [0.25, 0.3) is 0 Å². The minimum Gasteiger partial charge on any atom is -0.370 e. The van der Waals surface area contributed by atoms with Crippen LogP contribution in [0.3, 0.4) is 0 Å². The van der Waals surface area contributed by atoms with Gasteiger partial charge in [0.1, 0.15) is 0 Å². The number of ether oxygens (including phenoxy) is 1. The Balaban J connectivity index is 1.84. The van der Waals surface area contributed by atoms with Crippen molar-refractivity contribution in [3.8, 4) is 0 Å². The van der Waals surface area contributed by atoms with E-state index in [0.29, 0.717) is 24.7 Å². The maximum atomic E-state index is 5.97. The normalized spacial score (nSPS) is 26.2. The van der Waals surface area contributed by atoms with Gasteiger partial charge in [-0.2, -0.15) is 5.10 Å². The van der Waals surface area contributed by atoms with Crippen LogP contribution in [0.2, 0.25) is 0 Å². The fourth-order valence-electron chi connectivity index (χ4n) is 2.26. The lowest BCUT2D eigenvalue weighted by Gasteiger charge is -2.29. The summed E-state index contributed by atoms with van der Waals surface area (Å²) in [5.41, 5.74) is 1.04. The molecule has 0 spiro atoms. The smallest absolute Gasteiger partial charge is 0.0910 e. The molecule has 1 fully saturated rings. The number of hydrogen-bond donors (Lipinski definition) is 1. The number of rotatable bonds is 5. The Morgan fingerprint density at radius 1 is 1.61 bits per heavy atom. The van der Waals surface area contributed by atoms with E-state index in [9.17, 15) is 0 Å². The SMILES string of the molecule is CCC(C)n1ccc(COC2CNCCC2C)n1. The molecule has 1 N–H and O–H groups in total. The fraction of sp³-hybridized carbons (Fsp3) is 0.786. The standard InChI is InChI=1S/C14H25N3O/c1-4-12(3)17-8-6-13(16-17)10-18-14-9-15-7-5-11(14)2/h6,8,11-12,14-15H,4-5,7,9-10H2,1-3H3. The monoisotopic (exact) mass is 251 g/mol. The maximum Gasteiger partial charge on any atom is 0.0910 e. The molecule has 18 heavy (non-hydrogen) atoms. The van der Waals surface area contributed by atoms with Crippen LogP contribution < -0.4 is 5.32 Å². The molecule has 3 unspecified atom stereocenters. The third-order valence-electron chi connectivity index (χ3n) is 3.91. The molecule has 0 radical (unpaired) electrons. The van der Waals surface area contributed by atoms with E-state index in [1.807, 2.05) is 4.68 Å². The summed E-state index contributed by atoms with van der Waals surface area (Å²) in [6, 6.07) is 2.53. The first-order valence-electron chi connectivity index (χ1n) is 7.07. The highest BCUT2D eigenvalue weighted by atomic mass is 16.5. The predicted octanol–water partition coefficient (Wildman–Crippen LogP) is 2.37. The minimum absolute atomic E-state index is 0.326. The summed E-state index contributed by atoms with van der Waals surface area (Å²) in [6.07, 6.45) is 4.68. The number of nitrogens with zero attached hydrogens (tertiary/aromatic N) is 2. The summed E-state index contributed by atoms with van der Waals surface area (Å²) in [6.45, 7) is 9.34. The van der Waals surface area contributed by atoms with Crippen LogP contribution in [0, 0.1) is 5.92 Å². The Labute approximate surface area is 110 Å². The Bertz CT molecular complexity index is 364. The molecule has 0 saturated carbocycles. The van der Waals surface area contributed by atoms with Gasteiger partial charge >= 0.3 is 0 Å². The van der Waals surface area contributed by atoms with E-state index in [2.05, 4.69) is 43.4 Å². The quantitative estimate of drug-likeness (QED) is 0.873. The molecule has 0 amide bonds. The van der Waals surface area contributed by atoms with Crippen molar-refractivity contribution in [2.45, 2.75) is 52.4 Å². The van der Waals surface area contributed by atoms with Crippen molar-refractivity contribution in [2.24, 2.45) is 5.92 Å². The summed E-state index contributed by atoms with van der Waals surface area (Å²) < 4.78 is 8.00. The van der Waals surface area contributed by atoms with Crippen molar-refractivity contribution in [1.82, 2.24) is 15.1 Å². The van der Waals surface area contributed by atoms with Gasteiger partial charge in [-0.1, -0.05) is 13.8 Å². The lowest BCUT2D eigenvalue weighted by Crippen LogP contribution is -2.40. The molecule has 3 atom stereocenters. The second kappa shape index (κ2) is 6.34. The second-order valence-electron chi connectivity index (χ2n) is 5.36. The summed E-state index contributed by atoms with van der Waals surface area (Å²) >= 11 is 0. The minimum atomic E-state index is 0.326. The van der Waals surface area contributed by atoms with Crippen LogP contribution in [0.1, 0.15) is 45.3 Å². The zero-order chi connectivity index (χ0) is 13.0. The van der Waals surface area contributed by atoms with E-state index in [0.717, 1.165) is 25.2 Å². The first-order chi connectivity index (χ1) is 8.70. The molecule has 1 aliphatic rings. The molecule has 1 aliphatic heterocycles. The van der Waals surface area contributed by atoms with Gasteiger partial charge < -0.3 is 10.1 Å². The van der Waals surface area contributed by atoms with Gasteiger partial charge in [0.25, 0.3) is 0 Å². The molecule has 4 nitrogen and oxygen atoms in total. The van der Waals surface area contributed by atoms with Crippen molar-refractivity contribution in [1.29, 1.82) is 0 Å². The van der Waals surface area contributed by atoms with Crippen LogP contribution in [-0.2, 0) is 11.3 Å². The summed E-state index contributed by atoms with van der Waals surface area (Å²) in [5.74, 6) is 0.642. The molecule has 1 aromatic heterocycles. The van der Waals surface area contributed by atoms with Crippen molar-refractivity contribution in [3.63, 3.8) is 0 Å². The first-order valence-corrected chi connectivity index (χ1v) is 7.07. The molecular weight excluding hydrogens is 226 g/mol. The highest BCUT2D eigenvalue weighted by molar-refractivity contribution is 4.98. The summed E-state index contributed by atoms with van der Waals surface area (Å²) in [4.78, 5) is 0. The lowest BCUT2D eigenvalue weighted by atomic mass is 9.97. The van der Waals surface area contributed by atoms with Crippen molar-refractivity contribution < 1.29 is 4.74 Å². The van der Waals surface area contributed by atoms with Gasteiger partial charge in [-0.05, 0) is 38.3 Å². The van der Waals surface area contributed by atoms with E-state index in [1.165, 1.54) is 6.42 Å². The van der Waals surface area contributed by atoms with Crippen LogP contribution in [-0.4, -0.2) is 29.0 Å². The van der Waals surface area contributed by atoms with Gasteiger partial charge in [0.2, 0.25) is 0 Å². The van der Waals surface area contributed by atoms with Gasteiger partial charge in [0.15, 0.2) is 0 Å². The van der Waals surface area contributed by atoms with Crippen LogP contribution in [0.15, 0.2) is 12.3 Å². The second-order valence-corrected chi connectivity index (χ2v) is 5.36. The number of aromatic nitrogens is 2. The Kier molecular flexibility index (Phi) is 4.78. The van der Waals surface area contributed by atoms with Gasteiger partial charge in [-0.15, -0.1) is 0 Å². The largest absolute Gasteiger partial charge is 0.370 e. The van der Waals surface area contributed by atoms with Crippen molar-refractivity contribution >= 4 is 0 Å². The van der Waals surface area contributed by atoms with E-state index in [4.69, 9.17) is 4.74 Å². The Hall–Kier alpha value is -0.870. The number of hydrogen-bond acceptors (Lipinski definition) is 3. The molecule has 2 rings (SSSR count). The molecule has 4 heteroatoms. The van der Waals surface area contributed by atoms with E-state index in [-0.39, 0.29) is 0 Å². The molecule has 2 heterocycles. The zero-order valence-corrected chi connectivity index (χ0v) is 11.7. The fourth-order valence-corrected chi connectivity index (χ4v) is 2.26.